The van der Waals surface area contributed by atoms with Crippen molar-refractivity contribution in [3.63, 3.8) is 0 Å². The summed E-state index contributed by atoms with van der Waals surface area (Å²) >= 11 is 0. The highest BCUT2D eigenvalue weighted by Gasteiger charge is 2.34. The highest BCUT2D eigenvalue weighted by molar-refractivity contribution is 6.05. The highest BCUT2D eigenvalue weighted by Crippen LogP contribution is 2.37. The summed E-state index contributed by atoms with van der Waals surface area (Å²) in [5, 5.41) is 8.91. The highest BCUT2D eigenvalue weighted by atomic mass is 16.4. The number of amides is 1. The Labute approximate surface area is 91.9 Å². The Hall–Kier alpha value is -2.04. The van der Waals surface area contributed by atoms with E-state index in [0.717, 1.165) is 17.9 Å². The standard InChI is InChI=1S/C11H10N2O3/c14-10-6-12-3-4-13(10)8-2-1-7(11(15)16)5-9(8)12/h1-2,5H,3-4,6H2,(H,15,16). The lowest BCUT2D eigenvalue weighted by atomic mass is 10.1. The van der Waals surface area contributed by atoms with Gasteiger partial charge in [0, 0.05) is 13.1 Å². The molecule has 0 aromatic heterocycles. The van der Waals surface area contributed by atoms with Crippen molar-refractivity contribution >= 4 is 23.3 Å². The molecule has 82 valence electrons. The Morgan fingerprint density at radius 1 is 1.25 bits per heavy atom. The molecule has 5 heteroatoms. The van der Waals surface area contributed by atoms with Gasteiger partial charge in [0.1, 0.15) is 0 Å². The zero-order valence-electron chi connectivity index (χ0n) is 8.51. The number of carbonyl (C=O) groups is 2. The van der Waals surface area contributed by atoms with E-state index in [-0.39, 0.29) is 11.5 Å². The third-order valence-electron chi connectivity index (χ3n) is 3.07. The minimum absolute atomic E-state index is 0.0850. The molecular formula is C11H10N2O3. The molecule has 1 N–H and O–H groups in total. The van der Waals surface area contributed by atoms with Gasteiger partial charge in [0.25, 0.3) is 0 Å². The van der Waals surface area contributed by atoms with E-state index in [0.29, 0.717) is 13.1 Å². The summed E-state index contributed by atoms with van der Waals surface area (Å²) in [6, 6.07) is 4.88. The van der Waals surface area contributed by atoms with Crippen molar-refractivity contribution in [2.75, 3.05) is 29.4 Å². The fraction of sp³-hybridized carbons (Fsp3) is 0.273. The number of hydrogen-bond acceptors (Lipinski definition) is 3. The molecular weight excluding hydrogens is 208 g/mol. The number of hydrogen-bond donors (Lipinski definition) is 1. The zero-order chi connectivity index (χ0) is 11.3. The SMILES string of the molecule is O=C(O)c1ccc2c(c1)N1CCN2C(=O)C1. The molecule has 0 atom stereocenters. The van der Waals surface area contributed by atoms with E-state index in [4.69, 9.17) is 5.11 Å². The lowest BCUT2D eigenvalue weighted by molar-refractivity contribution is -0.118. The van der Waals surface area contributed by atoms with E-state index < -0.39 is 5.97 Å². The number of carboxylic acids is 1. The van der Waals surface area contributed by atoms with Crippen molar-refractivity contribution < 1.29 is 14.7 Å². The minimum Gasteiger partial charge on any atom is -0.478 e. The first-order valence-corrected chi connectivity index (χ1v) is 5.09. The van der Waals surface area contributed by atoms with Crippen LogP contribution in [0, 0.1) is 0 Å². The largest absolute Gasteiger partial charge is 0.478 e. The van der Waals surface area contributed by atoms with Gasteiger partial charge in [0.2, 0.25) is 5.91 Å². The summed E-state index contributed by atoms with van der Waals surface area (Å²) in [7, 11) is 0. The number of rotatable bonds is 1. The van der Waals surface area contributed by atoms with E-state index in [9.17, 15) is 9.59 Å². The predicted molar refractivity (Wildman–Crippen MR) is 58.0 cm³/mol. The van der Waals surface area contributed by atoms with Crippen molar-refractivity contribution in [1.29, 1.82) is 0 Å². The average molecular weight is 218 g/mol. The molecule has 1 amide bonds. The molecule has 5 nitrogen and oxygen atoms in total. The van der Waals surface area contributed by atoms with E-state index in [2.05, 4.69) is 0 Å². The van der Waals surface area contributed by atoms with Crippen LogP contribution < -0.4 is 9.80 Å². The molecule has 1 aromatic carbocycles. The van der Waals surface area contributed by atoms with E-state index in [1.807, 2.05) is 4.90 Å². The molecule has 0 spiro atoms. The monoisotopic (exact) mass is 218 g/mol. The topological polar surface area (TPSA) is 60.9 Å². The summed E-state index contributed by atoms with van der Waals surface area (Å²) in [5.41, 5.74) is 1.94. The Morgan fingerprint density at radius 2 is 2.06 bits per heavy atom. The van der Waals surface area contributed by atoms with Crippen LogP contribution in [0.1, 0.15) is 10.4 Å². The molecule has 3 heterocycles. The molecule has 0 radical (unpaired) electrons. The average Bonchev–Trinajstić information content (AvgIpc) is 2.29. The Bertz CT molecular complexity index is 498. The lowest BCUT2D eigenvalue weighted by Gasteiger charge is -2.43. The van der Waals surface area contributed by atoms with Gasteiger partial charge in [-0.25, -0.2) is 4.79 Å². The number of carboxylic acid groups (broad SMARTS) is 1. The van der Waals surface area contributed by atoms with Crippen LogP contribution in [0.25, 0.3) is 0 Å². The predicted octanol–water partition coefficient (Wildman–Crippen LogP) is 0.551. The minimum atomic E-state index is -0.938. The molecule has 0 aliphatic carbocycles. The van der Waals surface area contributed by atoms with Crippen LogP contribution in [0.5, 0.6) is 0 Å². The normalized spacial score (nSPS) is 17.6. The number of carbonyl (C=O) groups excluding carboxylic acids is 1. The van der Waals surface area contributed by atoms with Gasteiger partial charge in [-0.3, -0.25) is 4.79 Å². The zero-order valence-corrected chi connectivity index (χ0v) is 8.51. The van der Waals surface area contributed by atoms with Gasteiger partial charge < -0.3 is 14.9 Å². The van der Waals surface area contributed by atoms with Gasteiger partial charge in [-0.15, -0.1) is 0 Å². The number of aromatic carboxylic acids is 1. The van der Waals surface area contributed by atoms with Gasteiger partial charge in [-0.1, -0.05) is 0 Å². The molecule has 1 aromatic rings. The van der Waals surface area contributed by atoms with Crippen LogP contribution in [0.4, 0.5) is 11.4 Å². The first-order chi connectivity index (χ1) is 7.66. The second-order valence-corrected chi connectivity index (χ2v) is 3.98. The quantitative estimate of drug-likeness (QED) is 0.747. The number of anilines is 2. The van der Waals surface area contributed by atoms with Crippen molar-refractivity contribution in [2.24, 2.45) is 0 Å². The molecule has 1 saturated heterocycles. The summed E-state index contributed by atoms with van der Waals surface area (Å²) in [6.45, 7) is 1.83. The second-order valence-electron chi connectivity index (χ2n) is 3.98. The van der Waals surface area contributed by atoms with Crippen molar-refractivity contribution in [2.45, 2.75) is 0 Å². The van der Waals surface area contributed by atoms with Gasteiger partial charge in [0.15, 0.2) is 0 Å². The van der Waals surface area contributed by atoms with Crippen molar-refractivity contribution in [3.8, 4) is 0 Å². The van der Waals surface area contributed by atoms with E-state index in [1.54, 1.807) is 17.0 Å². The first-order valence-electron chi connectivity index (χ1n) is 5.09. The molecule has 1 fully saturated rings. The van der Waals surface area contributed by atoms with Crippen LogP contribution in [-0.2, 0) is 4.79 Å². The van der Waals surface area contributed by atoms with Gasteiger partial charge in [0.05, 0.1) is 23.5 Å². The smallest absolute Gasteiger partial charge is 0.335 e. The van der Waals surface area contributed by atoms with Crippen LogP contribution in [-0.4, -0.2) is 36.6 Å². The fourth-order valence-electron chi connectivity index (χ4n) is 2.27. The Morgan fingerprint density at radius 3 is 2.75 bits per heavy atom. The molecule has 0 unspecified atom stereocenters. The summed E-state index contributed by atoms with van der Waals surface area (Å²) in [4.78, 5) is 26.1. The number of fused-ring (bicyclic) bond motifs is 2. The van der Waals surface area contributed by atoms with Gasteiger partial charge in [-0.2, -0.15) is 0 Å². The summed E-state index contributed by atoms with van der Waals surface area (Å²) in [6.07, 6.45) is 0. The molecule has 2 bridgehead atoms. The van der Waals surface area contributed by atoms with Crippen LogP contribution in [0.15, 0.2) is 18.2 Å². The maximum absolute atomic E-state index is 11.6. The maximum atomic E-state index is 11.6. The first kappa shape index (κ1) is 9.21. The number of piperazine rings is 1. The van der Waals surface area contributed by atoms with Crippen molar-refractivity contribution in [1.82, 2.24) is 0 Å². The molecule has 3 aliphatic heterocycles. The third kappa shape index (κ3) is 1.11. The van der Waals surface area contributed by atoms with Crippen molar-refractivity contribution in [3.05, 3.63) is 23.8 Å². The molecule has 4 rings (SSSR count). The van der Waals surface area contributed by atoms with E-state index in [1.165, 1.54) is 6.07 Å². The second kappa shape index (κ2) is 2.98. The molecule has 0 saturated carbocycles. The van der Waals surface area contributed by atoms with Gasteiger partial charge >= 0.3 is 5.97 Å². The van der Waals surface area contributed by atoms with Gasteiger partial charge in [-0.05, 0) is 18.2 Å². The molecule has 16 heavy (non-hydrogen) atoms. The van der Waals surface area contributed by atoms with Crippen LogP contribution >= 0.6 is 0 Å². The Balaban J connectivity index is 2.14. The van der Waals surface area contributed by atoms with E-state index >= 15 is 0 Å². The summed E-state index contributed by atoms with van der Waals surface area (Å²) in [5.74, 6) is -0.853. The summed E-state index contributed by atoms with van der Waals surface area (Å²) < 4.78 is 0. The van der Waals surface area contributed by atoms with Crippen LogP contribution in [0.3, 0.4) is 0 Å². The third-order valence-corrected chi connectivity index (χ3v) is 3.07. The maximum Gasteiger partial charge on any atom is 0.335 e. The lowest BCUT2D eigenvalue weighted by Crippen LogP contribution is -2.55. The molecule has 3 aliphatic rings. The fourth-order valence-corrected chi connectivity index (χ4v) is 2.27. The van der Waals surface area contributed by atoms with Crippen LogP contribution in [0.2, 0.25) is 0 Å². The number of benzene rings is 1. The number of nitrogens with zero attached hydrogens (tertiary/aromatic N) is 2. The Kier molecular flexibility index (Phi) is 1.71.